The van der Waals surface area contributed by atoms with Crippen molar-refractivity contribution in [1.29, 1.82) is 0 Å². The Balaban J connectivity index is 1.67. The van der Waals surface area contributed by atoms with Crippen molar-refractivity contribution < 1.29 is 36.7 Å². The van der Waals surface area contributed by atoms with E-state index in [1.165, 1.54) is 12.1 Å². The van der Waals surface area contributed by atoms with Crippen molar-refractivity contribution in [2.24, 2.45) is 0 Å². The molecule has 1 aromatic rings. The summed E-state index contributed by atoms with van der Waals surface area (Å²) in [6.07, 6.45) is -7.72. The van der Waals surface area contributed by atoms with Crippen molar-refractivity contribution in [2.75, 3.05) is 42.5 Å². The maximum absolute atomic E-state index is 15.2. The zero-order valence-corrected chi connectivity index (χ0v) is 27.3. The number of halogens is 10. The van der Waals surface area contributed by atoms with Crippen LogP contribution in [0.5, 0.6) is 0 Å². The number of anilines is 2. The van der Waals surface area contributed by atoms with Crippen molar-refractivity contribution in [1.82, 2.24) is 15.5 Å². The van der Waals surface area contributed by atoms with E-state index in [9.17, 15) is 27.6 Å². The van der Waals surface area contributed by atoms with Gasteiger partial charge in [-0.1, -0.05) is 82.6 Å². The normalized spacial score (nSPS) is 21.7. The van der Waals surface area contributed by atoms with Crippen LogP contribution in [0.3, 0.4) is 0 Å². The molecule has 0 spiro atoms. The van der Waals surface area contributed by atoms with E-state index in [-0.39, 0.29) is 24.0 Å². The molecule has 3 amide bonds. The Morgan fingerprint density at radius 3 is 2.30 bits per heavy atom. The summed E-state index contributed by atoms with van der Waals surface area (Å²) in [7, 11) is 0. The molecule has 19 heteroatoms. The lowest BCUT2D eigenvalue weighted by Crippen LogP contribution is -2.64. The number of amides is 3. The first-order chi connectivity index (χ1) is 18.3. The summed E-state index contributed by atoms with van der Waals surface area (Å²) in [6.45, 7) is 2.18. The fraction of sp³-hybridized carbons (Fsp3) is 0.571. The average molecular weight is 829 g/mol. The molecule has 3 atom stereocenters. The third-order valence-electron chi connectivity index (χ3n) is 6.05. The molecule has 2 fully saturated rings. The van der Waals surface area contributed by atoms with Crippen LogP contribution < -0.4 is 20.4 Å². The van der Waals surface area contributed by atoms with Gasteiger partial charge in [-0.05, 0) is 25.1 Å². The van der Waals surface area contributed by atoms with Crippen LogP contribution in [-0.4, -0.2) is 86.0 Å². The van der Waals surface area contributed by atoms with Gasteiger partial charge in [-0.25, -0.2) is 9.18 Å². The largest absolute Gasteiger partial charge is 0.471 e. The molecule has 3 rings (SSSR count). The van der Waals surface area contributed by atoms with Crippen LogP contribution in [0.4, 0.5) is 33.7 Å². The number of alkyl halides is 9. The van der Waals surface area contributed by atoms with Crippen LogP contribution in [0.15, 0.2) is 18.2 Å². The lowest BCUT2D eigenvalue weighted by Gasteiger charge is -2.47. The van der Waals surface area contributed by atoms with Gasteiger partial charge in [-0.15, -0.1) is 0 Å². The number of hydrogen-bond acceptors (Lipinski definition) is 6. The lowest BCUT2D eigenvalue weighted by molar-refractivity contribution is -0.173. The van der Waals surface area contributed by atoms with E-state index in [1.54, 1.807) is 10.2 Å². The molecule has 0 saturated carbocycles. The van der Waals surface area contributed by atoms with Gasteiger partial charge >= 0.3 is 18.2 Å². The Morgan fingerprint density at radius 2 is 1.77 bits per heavy atom. The predicted molar refractivity (Wildman–Crippen MR) is 153 cm³/mol. The summed E-state index contributed by atoms with van der Waals surface area (Å²) in [5.74, 6) is -3.64. The number of benzene rings is 1. The van der Waals surface area contributed by atoms with Crippen molar-refractivity contribution in [2.45, 2.75) is 37.3 Å². The van der Waals surface area contributed by atoms with E-state index in [0.717, 1.165) is 11.0 Å². The molecule has 40 heavy (non-hydrogen) atoms. The van der Waals surface area contributed by atoms with E-state index in [1.807, 2.05) is 11.8 Å². The van der Waals surface area contributed by atoms with E-state index in [4.69, 9.17) is 39.5 Å². The molecule has 2 saturated heterocycles. The van der Waals surface area contributed by atoms with Crippen LogP contribution in [0.25, 0.3) is 0 Å². The molecule has 0 bridgehead atoms. The van der Waals surface area contributed by atoms with Gasteiger partial charge in [0.15, 0.2) is 2.14 Å². The molecular weight excluding hydrogens is 808 g/mol. The summed E-state index contributed by atoms with van der Waals surface area (Å²) in [6, 6.07) is 3.85. The molecule has 2 unspecified atom stereocenters. The standard InChI is InChI=1S/C21H21Br3Cl3F4N5O4/c1-10-8-34(4-5-35(10)15(19(22,23)24)33-16(37)20(25,26)27)14-3-2-11(6-13(14)28)36-9-12(40-18(36)39)7-32-17(38)21(29,30)31/h2-3,6,10,12,15H,4-5,7-9H2,1H3,(H,32,38)(H,33,37)/t10?,12-,15?/m0/s1. The molecular formula is C21H21Br3Cl3F4N5O4. The van der Waals surface area contributed by atoms with Crippen LogP contribution >= 0.6 is 82.6 Å². The number of rotatable bonds is 6. The fourth-order valence-corrected chi connectivity index (χ4v) is 5.49. The second kappa shape index (κ2) is 12.8. The Morgan fingerprint density at radius 1 is 1.12 bits per heavy atom. The highest BCUT2D eigenvalue weighted by Crippen LogP contribution is 2.41. The minimum atomic E-state index is -5.07. The number of carbonyl (C=O) groups is 3. The lowest BCUT2D eigenvalue weighted by atomic mass is 10.1. The second-order valence-electron chi connectivity index (χ2n) is 8.91. The molecule has 2 aliphatic heterocycles. The molecule has 9 nitrogen and oxygen atoms in total. The highest BCUT2D eigenvalue weighted by atomic mass is 80.0. The van der Waals surface area contributed by atoms with E-state index < -0.39 is 54.7 Å². The highest BCUT2D eigenvalue weighted by molar-refractivity contribution is 9.39. The molecule has 2 aliphatic rings. The number of piperazine rings is 1. The van der Waals surface area contributed by atoms with Crippen LogP contribution in [0.1, 0.15) is 6.92 Å². The number of ether oxygens (including phenoxy) is 1. The molecule has 0 aromatic heterocycles. The van der Waals surface area contributed by atoms with Gasteiger partial charge in [-0.2, -0.15) is 13.2 Å². The highest BCUT2D eigenvalue weighted by Gasteiger charge is 2.44. The van der Waals surface area contributed by atoms with Crippen molar-refractivity contribution in [3.05, 3.63) is 24.0 Å². The quantitative estimate of drug-likeness (QED) is 0.311. The molecule has 0 radical (unpaired) electrons. The van der Waals surface area contributed by atoms with Gasteiger partial charge in [0, 0.05) is 25.7 Å². The fourth-order valence-electron chi connectivity index (χ4n) is 4.20. The monoisotopic (exact) mass is 825 g/mol. The van der Waals surface area contributed by atoms with Gasteiger partial charge in [0.25, 0.3) is 9.70 Å². The minimum absolute atomic E-state index is 0.139. The van der Waals surface area contributed by atoms with Gasteiger partial charge in [0.1, 0.15) is 18.1 Å². The number of nitrogens with one attached hydrogen (secondary N) is 2. The summed E-state index contributed by atoms with van der Waals surface area (Å²) in [4.78, 5) is 40.4. The zero-order chi connectivity index (χ0) is 30.2. The molecule has 2 N–H and O–H groups in total. The van der Waals surface area contributed by atoms with Gasteiger partial charge < -0.3 is 20.3 Å². The number of nitrogens with zero attached hydrogens (tertiary/aromatic N) is 3. The third-order valence-corrected chi connectivity index (χ3v) is 7.87. The predicted octanol–water partition coefficient (Wildman–Crippen LogP) is 4.99. The number of cyclic esters (lactones) is 1. The van der Waals surface area contributed by atoms with Crippen molar-refractivity contribution in [3.63, 3.8) is 0 Å². The molecule has 0 aliphatic carbocycles. The smallest absolute Gasteiger partial charge is 0.442 e. The third kappa shape index (κ3) is 8.40. The Kier molecular flexibility index (Phi) is 10.8. The maximum atomic E-state index is 15.2. The van der Waals surface area contributed by atoms with Gasteiger partial charge in [-0.3, -0.25) is 19.4 Å². The van der Waals surface area contributed by atoms with Crippen molar-refractivity contribution in [3.8, 4) is 0 Å². The number of carbonyl (C=O) groups excluding carboxylic acids is 3. The van der Waals surface area contributed by atoms with E-state index in [0.29, 0.717) is 19.6 Å². The Hall–Kier alpha value is -0.780. The summed E-state index contributed by atoms with van der Waals surface area (Å²) < 4.78 is 54.2. The Bertz CT molecular complexity index is 1140. The van der Waals surface area contributed by atoms with Crippen LogP contribution in [-0.2, 0) is 14.3 Å². The maximum Gasteiger partial charge on any atom is 0.471 e. The first-order valence-electron chi connectivity index (χ1n) is 11.4. The van der Waals surface area contributed by atoms with Crippen molar-refractivity contribution >= 4 is 112 Å². The molecule has 1 aromatic carbocycles. The van der Waals surface area contributed by atoms with Crippen LogP contribution in [0, 0.1) is 5.82 Å². The summed E-state index contributed by atoms with van der Waals surface area (Å²) in [5.41, 5.74) is 0.390. The Labute approximate surface area is 266 Å². The SMILES string of the molecule is CC1CN(c2ccc(N3C[C@H](CNC(=O)C(F)(F)F)OC3=O)cc2F)CCN1C(NC(=O)C(Cl)(Cl)Cl)C(Br)(Br)Br. The topological polar surface area (TPSA) is 94.2 Å². The first-order valence-corrected chi connectivity index (χ1v) is 14.9. The molecule has 224 valence electrons. The van der Waals surface area contributed by atoms with Gasteiger partial charge in [0.05, 0.1) is 24.5 Å². The van der Waals surface area contributed by atoms with Crippen LogP contribution in [0.2, 0.25) is 0 Å². The summed E-state index contributed by atoms with van der Waals surface area (Å²) in [5, 5.41) is 4.32. The minimum Gasteiger partial charge on any atom is -0.442 e. The second-order valence-corrected chi connectivity index (χ2v) is 18.1. The zero-order valence-electron chi connectivity index (χ0n) is 20.3. The van der Waals surface area contributed by atoms with E-state index >= 15 is 4.39 Å². The van der Waals surface area contributed by atoms with Gasteiger partial charge in [0.2, 0.25) is 0 Å². The average Bonchev–Trinajstić information content (AvgIpc) is 3.19. The number of hydrogen-bond donors (Lipinski definition) is 2. The molecule has 2 heterocycles. The first kappa shape index (κ1) is 33.7. The summed E-state index contributed by atoms with van der Waals surface area (Å²) >= 11 is 27.4. The van der Waals surface area contributed by atoms with E-state index in [2.05, 4.69) is 53.1 Å².